The van der Waals surface area contributed by atoms with Gasteiger partial charge in [0.15, 0.2) is 0 Å². The average Bonchev–Trinajstić information content (AvgIpc) is 2.80. The van der Waals surface area contributed by atoms with Crippen LogP contribution in [0.25, 0.3) is 0 Å². The Labute approximate surface area is 118 Å². The number of anilines is 2. The molecule has 0 bridgehead atoms. The van der Waals surface area contributed by atoms with Crippen LogP contribution in [-0.2, 0) is 6.54 Å². The maximum Gasteiger partial charge on any atom is 0.273 e. The van der Waals surface area contributed by atoms with E-state index in [4.69, 9.17) is 0 Å². The highest BCUT2D eigenvalue weighted by molar-refractivity contribution is 9.10. The normalized spacial score (nSPS) is 10.5. The van der Waals surface area contributed by atoms with E-state index in [1.54, 1.807) is 23.9 Å². The Morgan fingerprint density at radius 1 is 1.53 bits per heavy atom. The summed E-state index contributed by atoms with van der Waals surface area (Å²) in [5.74, 6) is 0. The van der Waals surface area contributed by atoms with Crippen molar-refractivity contribution in [3.05, 3.63) is 44.7 Å². The van der Waals surface area contributed by atoms with Crippen molar-refractivity contribution in [1.29, 1.82) is 0 Å². The van der Waals surface area contributed by atoms with Crippen molar-refractivity contribution >= 4 is 33.0 Å². The highest BCUT2D eigenvalue weighted by Gasteiger charge is 2.14. The molecule has 0 radical (unpaired) electrons. The molecule has 0 aliphatic heterocycles. The second kappa shape index (κ2) is 5.40. The lowest BCUT2D eigenvalue weighted by Gasteiger charge is -2.08. The second-order valence-corrected chi connectivity index (χ2v) is 4.94. The fourth-order valence-electron chi connectivity index (χ4n) is 1.72. The summed E-state index contributed by atoms with van der Waals surface area (Å²) in [6.07, 6.45) is 3.59. The van der Waals surface area contributed by atoms with Gasteiger partial charge in [0.05, 0.1) is 22.5 Å². The van der Waals surface area contributed by atoms with Crippen LogP contribution in [0, 0.1) is 17.0 Å². The van der Waals surface area contributed by atoms with Crippen LogP contribution in [0.3, 0.4) is 0 Å². The first-order valence-corrected chi connectivity index (χ1v) is 6.54. The van der Waals surface area contributed by atoms with Crippen LogP contribution in [-0.4, -0.2) is 14.7 Å². The van der Waals surface area contributed by atoms with E-state index in [9.17, 15) is 10.1 Å². The van der Waals surface area contributed by atoms with Crippen molar-refractivity contribution in [1.82, 2.24) is 9.78 Å². The van der Waals surface area contributed by atoms with Gasteiger partial charge >= 0.3 is 0 Å². The van der Waals surface area contributed by atoms with Gasteiger partial charge in [0.2, 0.25) is 0 Å². The molecular weight excluding hydrogens is 312 g/mol. The molecule has 19 heavy (non-hydrogen) atoms. The summed E-state index contributed by atoms with van der Waals surface area (Å²) in [7, 11) is 0. The molecule has 100 valence electrons. The minimum Gasteiger partial charge on any atom is -0.352 e. The first-order chi connectivity index (χ1) is 9.01. The molecule has 0 saturated heterocycles. The quantitative estimate of drug-likeness (QED) is 0.688. The summed E-state index contributed by atoms with van der Waals surface area (Å²) < 4.78 is 2.45. The fraction of sp³-hybridized carbons (Fsp3) is 0.250. The van der Waals surface area contributed by atoms with Crippen LogP contribution in [0.4, 0.5) is 17.1 Å². The van der Waals surface area contributed by atoms with E-state index in [-0.39, 0.29) is 10.6 Å². The van der Waals surface area contributed by atoms with Gasteiger partial charge < -0.3 is 5.32 Å². The third-order valence-corrected chi connectivity index (χ3v) is 3.37. The molecule has 0 unspecified atom stereocenters. The Hall–Kier alpha value is -1.89. The lowest BCUT2D eigenvalue weighted by molar-refractivity contribution is -0.385. The van der Waals surface area contributed by atoms with E-state index in [2.05, 4.69) is 26.3 Å². The predicted molar refractivity (Wildman–Crippen MR) is 76.7 cm³/mol. The zero-order valence-electron chi connectivity index (χ0n) is 10.6. The van der Waals surface area contributed by atoms with Crippen molar-refractivity contribution in [3.63, 3.8) is 0 Å². The third-order valence-electron chi connectivity index (χ3n) is 2.72. The standard InChI is InChI=1S/C12H13BrN4O2/c1-3-16-7-9(6-14-16)15-11-4-8(2)12(17(18)19)5-10(11)13/h4-7,15H,3H2,1-2H3. The van der Waals surface area contributed by atoms with Crippen molar-refractivity contribution < 1.29 is 4.92 Å². The summed E-state index contributed by atoms with van der Waals surface area (Å²) >= 11 is 3.34. The molecule has 7 heteroatoms. The van der Waals surface area contributed by atoms with Crippen LogP contribution < -0.4 is 5.32 Å². The Kier molecular flexibility index (Phi) is 3.84. The Bertz CT molecular complexity index is 624. The largest absolute Gasteiger partial charge is 0.352 e. The summed E-state index contributed by atoms with van der Waals surface area (Å²) in [6.45, 7) is 4.51. The third kappa shape index (κ3) is 2.93. The van der Waals surface area contributed by atoms with Gasteiger partial charge in [-0.2, -0.15) is 5.10 Å². The van der Waals surface area contributed by atoms with E-state index in [0.717, 1.165) is 17.9 Å². The Balaban J connectivity index is 2.30. The Morgan fingerprint density at radius 2 is 2.26 bits per heavy atom. The lowest BCUT2D eigenvalue weighted by Crippen LogP contribution is -1.96. The van der Waals surface area contributed by atoms with Crippen LogP contribution in [0.1, 0.15) is 12.5 Å². The number of aromatic nitrogens is 2. The average molecular weight is 325 g/mol. The molecule has 0 fully saturated rings. The van der Waals surface area contributed by atoms with Crippen LogP contribution >= 0.6 is 15.9 Å². The van der Waals surface area contributed by atoms with E-state index < -0.39 is 0 Å². The highest BCUT2D eigenvalue weighted by Crippen LogP contribution is 2.32. The number of nitrogens with zero attached hydrogens (tertiary/aromatic N) is 3. The molecule has 0 spiro atoms. The van der Waals surface area contributed by atoms with E-state index >= 15 is 0 Å². The molecule has 0 atom stereocenters. The first-order valence-electron chi connectivity index (χ1n) is 5.75. The SMILES string of the molecule is CCn1cc(Nc2cc(C)c([N+](=O)[O-])cc2Br)cn1. The minimum absolute atomic E-state index is 0.0988. The van der Waals surface area contributed by atoms with Crippen LogP contribution in [0.2, 0.25) is 0 Å². The van der Waals surface area contributed by atoms with Gasteiger partial charge in [-0.3, -0.25) is 14.8 Å². The number of nitrogens with one attached hydrogen (secondary N) is 1. The molecule has 2 aromatic rings. The van der Waals surface area contributed by atoms with E-state index in [1.165, 1.54) is 6.07 Å². The maximum absolute atomic E-state index is 10.8. The molecular formula is C12H13BrN4O2. The molecule has 0 aliphatic carbocycles. The number of nitro groups is 1. The van der Waals surface area contributed by atoms with Gasteiger partial charge in [-0.25, -0.2) is 0 Å². The number of benzene rings is 1. The van der Waals surface area contributed by atoms with Gasteiger partial charge in [-0.15, -0.1) is 0 Å². The number of nitro benzene ring substituents is 1. The van der Waals surface area contributed by atoms with Gasteiger partial charge in [-0.05, 0) is 35.8 Å². The van der Waals surface area contributed by atoms with Crippen LogP contribution in [0.5, 0.6) is 0 Å². The topological polar surface area (TPSA) is 73.0 Å². The Morgan fingerprint density at radius 3 is 2.84 bits per heavy atom. The number of hydrogen-bond donors (Lipinski definition) is 1. The van der Waals surface area contributed by atoms with Crippen molar-refractivity contribution in [2.45, 2.75) is 20.4 Å². The number of hydrogen-bond acceptors (Lipinski definition) is 4. The zero-order chi connectivity index (χ0) is 14.0. The minimum atomic E-state index is -0.390. The fourth-order valence-corrected chi connectivity index (χ4v) is 2.15. The monoisotopic (exact) mass is 324 g/mol. The molecule has 1 heterocycles. The molecule has 0 aliphatic rings. The van der Waals surface area contributed by atoms with Crippen molar-refractivity contribution in [2.75, 3.05) is 5.32 Å². The maximum atomic E-state index is 10.8. The van der Waals surface area contributed by atoms with Gasteiger partial charge in [0, 0.05) is 28.8 Å². The molecule has 2 rings (SSSR count). The molecule has 0 amide bonds. The summed E-state index contributed by atoms with van der Waals surface area (Å²) in [5, 5.41) is 18.2. The first kappa shape index (κ1) is 13.5. The second-order valence-electron chi connectivity index (χ2n) is 4.09. The summed E-state index contributed by atoms with van der Waals surface area (Å²) in [4.78, 5) is 10.4. The number of rotatable bonds is 4. The highest BCUT2D eigenvalue weighted by atomic mass is 79.9. The number of aryl methyl sites for hydroxylation is 2. The molecule has 1 aromatic heterocycles. The molecule has 0 saturated carbocycles. The van der Waals surface area contributed by atoms with Crippen molar-refractivity contribution in [2.24, 2.45) is 0 Å². The lowest BCUT2D eigenvalue weighted by atomic mass is 10.2. The van der Waals surface area contributed by atoms with Gasteiger partial charge in [-0.1, -0.05) is 0 Å². The van der Waals surface area contributed by atoms with E-state index in [0.29, 0.717) is 10.0 Å². The molecule has 6 nitrogen and oxygen atoms in total. The summed E-state index contributed by atoms with van der Waals surface area (Å²) in [6, 6.07) is 3.24. The molecule has 1 aromatic carbocycles. The predicted octanol–water partition coefficient (Wildman–Crippen LogP) is 3.63. The molecule has 1 N–H and O–H groups in total. The number of halogens is 1. The van der Waals surface area contributed by atoms with E-state index in [1.807, 2.05) is 13.1 Å². The smallest absolute Gasteiger partial charge is 0.273 e. The van der Waals surface area contributed by atoms with Gasteiger partial charge in [0.25, 0.3) is 5.69 Å². The summed E-state index contributed by atoms with van der Waals surface area (Å²) in [5.41, 5.74) is 2.33. The van der Waals surface area contributed by atoms with Crippen molar-refractivity contribution in [3.8, 4) is 0 Å². The van der Waals surface area contributed by atoms with Crippen LogP contribution in [0.15, 0.2) is 29.0 Å². The van der Waals surface area contributed by atoms with Gasteiger partial charge in [0.1, 0.15) is 0 Å². The zero-order valence-corrected chi connectivity index (χ0v) is 12.1.